The number of benzene rings is 1. The van der Waals surface area contributed by atoms with Crippen LogP contribution < -0.4 is 5.73 Å². The Morgan fingerprint density at radius 1 is 1.58 bits per heavy atom. The van der Waals surface area contributed by atoms with Crippen molar-refractivity contribution in [3.8, 4) is 0 Å². The Balaban J connectivity index is 2.91. The van der Waals surface area contributed by atoms with Crippen LogP contribution in [0.4, 0.5) is 0 Å². The van der Waals surface area contributed by atoms with E-state index in [9.17, 15) is 4.79 Å². The number of hydrogen-bond acceptors (Lipinski definition) is 2. The SMILES string of the molecule is [3H]c1cccc([3H])c1C[C@H](N)C(=O)O. The molecule has 0 amide bonds. The first-order valence-corrected chi connectivity index (χ1v) is 3.56. The van der Waals surface area contributed by atoms with E-state index >= 15 is 0 Å². The van der Waals surface area contributed by atoms with E-state index in [1.165, 1.54) is 12.1 Å². The number of nitrogens with two attached hydrogens (primary N) is 1. The maximum absolute atomic E-state index is 10.5. The second-order valence-corrected chi connectivity index (χ2v) is 2.44. The normalized spacial score (nSPS) is 14.8. The average molecular weight is 169 g/mol. The Morgan fingerprint density at radius 2 is 2.17 bits per heavy atom. The highest BCUT2D eigenvalue weighted by Gasteiger charge is 2.10. The van der Waals surface area contributed by atoms with Gasteiger partial charge in [0, 0.05) is 0 Å². The molecule has 0 spiro atoms. The van der Waals surface area contributed by atoms with Gasteiger partial charge in [0.25, 0.3) is 0 Å². The smallest absolute Gasteiger partial charge is 0.320 e. The van der Waals surface area contributed by atoms with Crippen molar-refractivity contribution < 1.29 is 12.6 Å². The van der Waals surface area contributed by atoms with Crippen LogP contribution >= 0.6 is 0 Å². The van der Waals surface area contributed by atoms with E-state index < -0.39 is 12.0 Å². The second kappa shape index (κ2) is 3.88. The molecule has 0 bridgehead atoms. The van der Waals surface area contributed by atoms with Gasteiger partial charge in [-0.1, -0.05) is 30.3 Å². The zero-order chi connectivity index (χ0) is 10.7. The molecule has 0 radical (unpaired) electrons. The predicted octanol–water partition coefficient (Wildman–Crippen LogP) is 0.641. The highest BCUT2D eigenvalue weighted by Crippen LogP contribution is 2.01. The fraction of sp³-hybridized carbons (Fsp3) is 0.222. The Bertz CT molecular complexity index is 334. The minimum Gasteiger partial charge on any atom is -0.480 e. The van der Waals surface area contributed by atoms with Crippen molar-refractivity contribution >= 4 is 5.97 Å². The van der Waals surface area contributed by atoms with Crippen molar-refractivity contribution in [1.82, 2.24) is 0 Å². The quantitative estimate of drug-likeness (QED) is 0.698. The zero-order valence-corrected chi connectivity index (χ0v) is 6.45. The molecule has 3 N–H and O–H groups in total. The minimum absolute atomic E-state index is 0.0217. The van der Waals surface area contributed by atoms with Gasteiger partial charge in [-0.25, -0.2) is 0 Å². The third-order valence-corrected chi connectivity index (χ3v) is 1.45. The van der Waals surface area contributed by atoms with Gasteiger partial charge in [-0.15, -0.1) is 0 Å². The van der Waals surface area contributed by atoms with Crippen LogP contribution in [0.15, 0.2) is 30.3 Å². The van der Waals surface area contributed by atoms with Gasteiger partial charge in [-0.3, -0.25) is 4.79 Å². The number of carboxylic acids is 1. The molecule has 1 rings (SSSR count). The van der Waals surface area contributed by atoms with E-state index in [1.54, 1.807) is 6.07 Å². The van der Waals surface area contributed by atoms with Crippen molar-refractivity contribution in [3.05, 3.63) is 35.8 Å². The molecule has 0 aliphatic rings. The lowest BCUT2D eigenvalue weighted by Crippen LogP contribution is -2.32. The van der Waals surface area contributed by atoms with Crippen LogP contribution in [-0.4, -0.2) is 17.1 Å². The molecule has 3 nitrogen and oxygen atoms in total. The molecule has 0 unspecified atom stereocenters. The molecule has 0 aliphatic carbocycles. The summed E-state index contributed by atoms with van der Waals surface area (Å²) in [5.74, 6) is -1.12. The average Bonchev–Trinajstić information content (AvgIpc) is 2.11. The molecule has 12 heavy (non-hydrogen) atoms. The van der Waals surface area contributed by atoms with E-state index in [-0.39, 0.29) is 18.5 Å². The van der Waals surface area contributed by atoms with Crippen molar-refractivity contribution in [1.29, 1.82) is 0 Å². The van der Waals surface area contributed by atoms with Gasteiger partial charge in [-0.05, 0) is 12.0 Å². The van der Waals surface area contributed by atoms with Crippen LogP contribution in [0, 0.1) is 0 Å². The number of rotatable bonds is 3. The van der Waals surface area contributed by atoms with Crippen LogP contribution in [0.25, 0.3) is 0 Å². The molecule has 0 saturated carbocycles. The Labute approximate surface area is 73.6 Å². The van der Waals surface area contributed by atoms with Gasteiger partial charge >= 0.3 is 5.97 Å². The summed E-state index contributed by atoms with van der Waals surface area (Å²) in [7, 11) is 0. The number of hydrogen-bond donors (Lipinski definition) is 2. The van der Waals surface area contributed by atoms with E-state index in [1.807, 2.05) is 0 Å². The van der Waals surface area contributed by atoms with Gasteiger partial charge in [0.15, 0.2) is 0 Å². The van der Waals surface area contributed by atoms with Gasteiger partial charge < -0.3 is 10.8 Å². The highest BCUT2D eigenvalue weighted by molar-refractivity contribution is 5.73. The van der Waals surface area contributed by atoms with Gasteiger partial charge in [0.1, 0.15) is 6.04 Å². The van der Waals surface area contributed by atoms with Crippen molar-refractivity contribution in [3.63, 3.8) is 0 Å². The number of aliphatic carboxylic acids is 1. The lowest BCUT2D eigenvalue weighted by Gasteiger charge is -2.04. The van der Waals surface area contributed by atoms with Crippen LogP contribution in [0.2, 0.25) is 0 Å². The summed E-state index contributed by atoms with van der Waals surface area (Å²) in [4.78, 5) is 10.5. The fourth-order valence-electron chi connectivity index (χ4n) is 0.812. The molecule has 1 aromatic rings. The first kappa shape index (κ1) is 6.20. The first-order valence-electron chi connectivity index (χ1n) is 4.56. The van der Waals surface area contributed by atoms with Gasteiger partial charge in [-0.2, -0.15) is 0 Å². The fourth-order valence-corrected chi connectivity index (χ4v) is 0.812. The van der Waals surface area contributed by atoms with E-state index in [0.717, 1.165) is 0 Å². The Morgan fingerprint density at radius 3 is 2.67 bits per heavy atom. The molecular weight excluding hydrogens is 154 g/mol. The van der Waals surface area contributed by atoms with Gasteiger partial charge in [0.2, 0.25) is 0 Å². The third-order valence-electron chi connectivity index (χ3n) is 1.45. The summed E-state index contributed by atoms with van der Waals surface area (Å²) in [6.07, 6.45) is 0.0217. The van der Waals surface area contributed by atoms with E-state index in [4.69, 9.17) is 13.6 Å². The highest BCUT2D eigenvalue weighted by atomic mass is 16.4. The molecule has 64 valence electrons. The van der Waals surface area contributed by atoms with Crippen molar-refractivity contribution in [2.24, 2.45) is 5.73 Å². The van der Waals surface area contributed by atoms with Crippen molar-refractivity contribution in [2.75, 3.05) is 0 Å². The molecule has 0 heterocycles. The lowest BCUT2D eigenvalue weighted by atomic mass is 10.1. The second-order valence-electron chi connectivity index (χ2n) is 2.44. The van der Waals surface area contributed by atoms with Crippen LogP contribution in [-0.2, 0) is 11.2 Å². The summed E-state index contributed by atoms with van der Waals surface area (Å²) in [5.41, 5.74) is 5.70. The molecule has 0 aromatic heterocycles. The maximum atomic E-state index is 10.5. The first-order chi connectivity index (χ1) is 6.52. The summed E-state index contributed by atoms with van der Waals surface area (Å²) < 4.78 is 15.0. The molecule has 0 saturated heterocycles. The Kier molecular flexibility index (Phi) is 2.00. The van der Waals surface area contributed by atoms with E-state index in [2.05, 4.69) is 0 Å². The summed E-state index contributed by atoms with van der Waals surface area (Å²) >= 11 is 0. The summed E-state index contributed by atoms with van der Waals surface area (Å²) in [6, 6.07) is 3.89. The summed E-state index contributed by atoms with van der Waals surface area (Å²) in [5, 5.41) is 8.58. The predicted molar refractivity (Wildman–Crippen MR) is 45.8 cm³/mol. The lowest BCUT2D eigenvalue weighted by molar-refractivity contribution is -0.138. The zero-order valence-electron chi connectivity index (χ0n) is 8.45. The third kappa shape index (κ3) is 2.36. The van der Waals surface area contributed by atoms with Crippen LogP contribution in [0.5, 0.6) is 0 Å². The summed E-state index contributed by atoms with van der Waals surface area (Å²) in [6.45, 7) is 0. The molecular formula is C9H11NO2. The van der Waals surface area contributed by atoms with Crippen LogP contribution in [0.3, 0.4) is 0 Å². The molecule has 1 aromatic carbocycles. The van der Waals surface area contributed by atoms with Crippen molar-refractivity contribution in [2.45, 2.75) is 12.5 Å². The Hall–Kier alpha value is -1.35. The number of carbonyl (C=O) groups is 1. The monoisotopic (exact) mass is 169 g/mol. The maximum Gasteiger partial charge on any atom is 0.320 e. The van der Waals surface area contributed by atoms with Gasteiger partial charge in [0.05, 0.1) is 2.74 Å². The topological polar surface area (TPSA) is 63.3 Å². The largest absolute Gasteiger partial charge is 0.480 e. The van der Waals surface area contributed by atoms with Crippen LogP contribution in [0.1, 0.15) is 8.30 Å². The molecule has 1 atom stereocenters. The molecule has 0 aliphatic heterocycles. The minimum atomic E-state index is -1.12. The standard InChI is InChI=1S/C9H11NO2/c10-8(9(11)12)6-7-4-2-1-3-5-7/h1-5,8H,6,10H2,(H,11,12)/t8-/m0/s1/i4T,5T. The molecule has 3 heteroatoms. The number of carboxylic acid groups (broad SMARTS) is 1. The van der Waals surface area contributed by atoms with E-state index in [0.29, 0.717) is 5.56 Å². The molecule has 0 fully saturated rings.